The van der Waals surface area contributed by atoms with E-state index in [1.54, 1.807) is 49.6 Å². The molecule has 0 bridgehead atoms. The van der Waals surface area contributed by atoms with E-state index in [9.17, 15) is 19.5 Å². The van der Waals surface area contributed by atoms with Gasteiger partial charge in [0, 0.05) is 39.1 Å². The van der Waals surface area contributed by atoms with Crippen LogP contribution in [-0.4, -0.2) is 77.2 Å². The molecule has 1 aliphatic rings. The Bertz CT molecular complexity index is 760. The van der Waals surface area contributed by atoms with E-state index in [2.05, 4.69) is 5.32 Å². The van der Waals surface area contributed by atoms with Crippen LogP contribution in [-0.2, 0) is 14.3 Å². The van der Waals surface area contributed by atoms with Crippen molar-refractivity contribution in [2.75, 3.05) is 32.7 Å². The van der Waals surface area contributed by atoms with Gasteiger partial charge in [-0.25, -0.2) is 4.79 Å². The number of hydrogen-bond donors (Lipinski definition) is 2. The first kappa shape index (κ1) is 24.3. The molecule has 1 atom stereocenters. The second-order valence-electron chi connectivity index (χ2n) is 8.49. The number of phenolic OH excluding ortho intramolecular Hbond substituents is 1. The summed E-state index contributed by atoms with van der Waals surface area (Å²) in [5.74, 6) is 0.417. The lowest BCUT2D eigenvalue weighted by atomic mass is 10.2. The number of carbonyl (C=O) groups excluding carboxylic acids is 3. The van der Waals surface area contributed by atoms with Gasteiger partial charge in [-0.15, -0.1) is 0 Å². The number of nitrogens with zero attached hydrogens (tertiary/aromatic N) is 2. The van der Waals surface area contributed by atoms with E-state index in [1.807, 2.05) is 0 Å². The summed E-state index contributed by atoms with van der Waals surface area (Å²) in [5, 5.41) is 11.9. The summed E-state index contributed by atoms with van der Waals surface area (Å²) in [6.45, 7) is 9.17. The number of ether oxygens (including phenoxy) is 2. The minimum absolute atomic E-state index is 0.0706. The van der Waals surface area contributed by atoms with Crippen LogP contribution in [0.2, 0.25) is 0 Å². The largest absolute Gasteiger partial charge is 0.508 e. The lowest BCUT2D eigenvalue weighted by Gasteiger charge is -2.25. The molecule has 3 amide bonds. The van der Waals surface area contributed by atoms with Crippen molar-refractivity contribution in [2.45, 2.75) is 52.2 Å². The summed E-state index contributed by atoms with van der Waals surface area (Å²) in [6.07, 6.45) is -0.378. The molecule has 31 heavy (non-hydrogen) atoms. The highest BCUT2D eigenvalue weighted by molar-refractivity contribution is 5.81. The third-order valence-corrected chi connectivity index (χ3v) is 4.66. The normalized spacial score (nSPS) is 15.6. The number of rotatable bonds is 6. The van der Waals surface area contributed by atoms with E-state index in [0.717, 1.165) is 0 Å². The van der Waals surface area contributed by atoms with Crippen molar-refractivity contribution in [3.63, 3.8) is 0 Å². The van der Waals surface area contributed by atoms with Gasteiger partial charge in [-0.3, -0.25) is 9.59 Å². The molecule has 0 radical (unpaired) electrons. The zero-order valence-corrected chi connectivity index (χ0v) is 18.7. The Labute approximate surface area is 183 Å². The van der Waals surface area contributed by atoms with E-state index in [1.165, 1.54) is 12.1 Å². The molecule has 9 heteroatoms. The summed E-state index contributed by atoms with van der Waals surface area (Å²) in [5.41, 5.74) is -0.585. The quantitative estimate of drug-likeness (QED) is 0.709. The highest BCUT2D eigenvalue weighted by Gasteiger charge is 2.26. The van der Waals surface area contributed by atoms with Gasteiger partial charge >= 0.3 is 6.09 Å². The van der Waals surface area contributed by atoms with Gasteiger partial charge in [0.15, 0.2) is 6.10 Å². The minimum Gasteiger partial charge on any atom is -0.508 e. The highest BCUT2D eigenvalue weighted by Crippen LogP contribution is 2.18. The lowest BCUT2D eigenvalue weighted by molar-refractivity contribution is -0.138. The van der Waals surface area contributed by atoms with E-state index in [0.29, 0.717) is 38.3 Å². The third kappa shape index (κ3) is 8.35. The maximum absolute atomic E-state index is 12.7. The molecule has 2 N–H and O–H groups in total. The number of benzene rings is 1. The zero-order valence-electron chi connectivity index (χ0n) is 18.7. The van der Waals surface area contributed by atoms with Crippen LogP contribution < -0.4 is 10.1 Å². The van der Waals surface area contributed by atoms with Crippen molar-refractivity contribution in [3.05, 3.63) is 24.3 Å². The Hall–Kier alpha value is -2.97. The van der Waals surface area contributed by atoms with Crippen molar-refractivity contribution in [2.24, 2.45) is 0 Å². The highest BCUT2D eigenvalue weighted by atomic mass is 16.6. The number of nitrogens with one attached hydrogen (secondary N) is 1. The molecule has 2 rings (SSSR count). The third-order valence-electron chi connectivity index (χ3n) is 4.66. The van der Waals surface area contributed by atoms with E-state index >= 15 is 0 Å². The zero-order chi connectivity index (χ0) is 23.0. The van der Waals surface area contributed by atoms with Crippen LogP contribution in [0.3, 0.4) is 0 Å². The van der Waals surface area contributed by atoms with Gasteiger partial charge in [-0.05, 0) is 58.4 Å². The van der Waals surface area contributed by atoms with Crippen molar-refractivity contribution < 1.29 is 29.0 Å². The van der Waals surface area contributed by atoms with Crippen molar-refractivity contribution >= 4 is 17.9 Å². The van der Waals surface area contributed by atoms with E-state index < -0.39 is 17.8 Å². The average Bonchev–Trinajstić information content (AvgIpc) is 2.94. The fourth-order valence-electron chi connectivity index (χ4n) is 3.17. The number of amides is 3. The van der Waals surface area contributed by atoms with Gasteiger partial charge < -0.3 is 29.7 Å². The average molecular weight is 436 g/mol. The monoisotopic (exact) mass is 435 g/mol. The van der Waals surface area contributed by atoms with Crippen LogP contribution in [0.4, 0.5) is 4.79 Å². The van der Waals surface area contributed by atoms with E-state index in [4.69, 9.17) is 9.47 Å². The summed E-state index contributed by atoms with van der Waals surface area (Å²) in [7, 11) is 0. The number of alkyl carbamates (subject to hydrolysis) is 1. The summed E-state index contributed by atoms with van der Waals surface area (Å²) < 4.78 is 10.8. The maximum Gasteiger partial charge on any atom is 0.407 e. The summed E-state index contributed by atoms with van der Waals surface area (Å²) >= 11 is 0. The van der Waals surface area contributed by atoms with Crippen LogP contribution in [0.15, 0.2) is 24.3 Å². The number of phenols is 1. The molecule has 1 unspecified atom stereocenters. The summed E-state index contributed by atoms with van der Waals surface area (Å²) in [6, 6.07) is 6.21. The van der Waals surface area contributed by atoms with Crippen LogP contribution >= 0.6 is 0 Å². The smallest absolute Gasteiger partial charge is 0.407 e. The second kappa shape index (κ2) is 10.9. The van der Waals surface area contributed by atoms with Crippen LogP contribution in [0, 0.1) is 0 Å². The maximum atomic E-state index is 12.7. The van der Waals surface area contributed by atoms with Gasteiger partial charge in [0.2, 0.25) is 5.91 Å². The molecule has 0 aromatic heterocycles. The molecule has 0 spiro atoms. The van der Waals surface area contributed by atoms with Crippen LogP contribution in [0.1, 0.15) is 40.5 Å². The molecular formula is C22H33N3O6. The van der Waals surface area contributed by atoms with Gasteiger partial charge in [0.05, 0.1) is 0 Å². The van der Waals surface area contributed by atoms with Crippen LogP contribution in [0.5, 0.6) is 11.5 Å². The van der Waals surface area contributed by atoms with Crippen molar-refractivity contribution in [1.82, 2.24) is 15.1 Å². The number of carbonyl (C=O) groups is 3. The molecule has 1 aromatic rings. The second-order valence-corrected chi connectivity index (χ2v) is 8.49. The number of aromatic hydroxyl groups is 1. The molecule has 1 heterocycles. The Morgan fingerprint density at radius 1 is 1.06 bits per heavy atom. The molecule has 172 valence electrons. The fourth-order valence-corrected chi connectivity index (χ4v) is 3.17. The fraction of sp³-hybridized carbons (Fsp3) is 0.591. The number of hydrogen-bond acceptors (Lipinski definition) is 6. The molecule has 0 aliphatic carbocycles. The first-order valence-corrected chi connectivity index (χ1v) is 10.5. The predicted octanol–water partition coefficient (Wildman–Crippen LogP) is 2.14. The van der Waals surface area contributed by atoms with Gasteiger partial charge in [-0.2, -0.15) is 0 Å². The summed E-state index contributed by atoms with van der Waals surface area (Å²) in [4.78, 5) is 40.3. The Kier molecular flexibility index (Phi) is 8.53. The Morgan fingerprint density at radius 2 is 1.68 bits per heavy atom. The van der Waals surface area contributed by atoms with Crippen molar-refractivity contribution in [1.29, 1.82) is 0 Å². The van der Waals surface area contributed by atoms with Gasteiger partial charge in [-0.1, -0.05) is 0 Å². The molecule has 1 saturated heterocycles. The molecule has 0 saturated carbocycles. The lowest BCUT2D eigenvalue weighted by Crippen LogP contribution is -2.43. The standard InChI is InChI=1S/C22H33N3O6/c1-16(30-18-8-6-17(26)7-9-18)20(28)25-13-5-12-24(14-15-25)19(27)10-11-23-21(29)31-22(2,3)4/h6-9,16,26H,5,10-15H2,1-4H3,(H,23,29). The molecule has 1 fully saturated rings. The van der Waals surface area contributed by atoms with Crippen molar-refractivity contribution in [3.8, 4) is 11.5 Å². The SMILES string of the molecule is CC(Oc1ccc(O)cc1)C(=O)N1CCCN(C(=O)CCNC(=O)OC(C)(C)C)CC1. The Morgan fingerprint density at radius 3 is 2.32 bits per heavy atom. The van der Waals surface area contributed by atoms with Gasteiger partial charge in [0.25, 0.3) is 5.91 Å². The minimum atomic E-state index is -0.676. The Balaban J connectivity index is 1.77. The van der Waals surface area contributed by atoms with Crippen LogP contribution in [0.25, 0.3) is 0 Å². The van der Waals surface area contributed by atoms with E-state index in [-0.39, 0.29) is 30.5 Å². The molecule has 1 aliphatic heterocycles. The molecule has 9 nitrogen and oxygen atoms in total. The van der Waals surface area contributed by atoms with Gasteiger partial charge in [0.1, 0.15) is 17.1 Å². The molecule has 1 aromatic carbocycles. The topological polar surface area (TPSA) is 108 Å². The first-order valence-electron chi connectivity index (χ1n) is 10.5. The predicted molar refractivity (Wildman–Crippen MR) is 115 cm³/mol. The molecular weight excluding hydrogens is 402 g/mol. The first-order chi connectivity index (χ1) is 14.5.